The summed E-state index contributed by atoms with van der Waals surface area (Å²) in [6.45, 7) is 5.06. The summed E-state index contributed by atoms with van der Waals surface area (Å²) in [4.78, 5) is 60.4. The van der Waals surface area contributed by atoms with Gasteiger partial charge in [0.2, 0.25) is 5.95 Å². The van der Waals surface area contributed by atoms with Gasteiger partial charge in [-0.2, -0.15) is 4.98 Å². The van der Waals surface area contributed by atoms with E-state index in [9.17, 15) is 23.6 Å². The summed E-state index contributed by atoms with van der Waals surface area (Å²) in [6.07, 6.45) is 16.2. The molecule has 3 heterocycles. The Morgan fingerprint density at radius 1 is 0.925 bits per heavy atom. The third-order valence-electron chi connectivity index (χ3n) is 9.70. The monoisotopic (exact) mass is 750 g/mol. The van der Waals surface area contributed by atoms with Crippen LogP contribution in [0.15, 0.2) is 11.1 Å². The lowest BCUT2D eigenvalue weighted by Crippen LogP contribution is -2.38. The van der Waals surface area contributed by atoms with Gasteiger partial charge in [0.15, 0.2) is 11.2 Å². The molecule has 0 aromatic carbocycles. The fraction of sp³-hybridized carbons (Fsp3) is 0.789. The van der Waals surface area contributed by atoms with E-state index in [0.717, 1.165) is 19.3 Å². The molecule has 2 aromatic rings. The SMILES string of the molecule is CCCCCCCCCCCCCCCCCC(=O)OCC(COC(=O)[C@@H](N)C(C)C)CC(=O)OC[C@H]1O[C@@H](n2cnc3c(=O)[nH]c(N)nc32)CC1F. The van der Waals surface area contributed by atoms with Crippen molar-refractivity contribution >= 4 is 35.0 Å². The van der Waals surface area contributed by atoms with Crippen LogP contribution in [0.4, 0.5) is 10.3 Å². The van der Waals surface area contributed by atoms with E-state index in [1.54, 1.807) is 13.8 Å². The van der Waals surface area contributed by atoms with Crippen molar-refractivity contribution in [2.45, 2.75) is 161 Å². The number of esters is 3. The Morgan fingerprint density at radius 2 is 1.51 bits per heavy atom. The number of carbonyl (C=O) groups is 3. The summed E-state index contributed by atoms with van der Waals surface area (Å²) in [5.74, 6) is -2.69. The maximum absolute atomic E-state index is 15.0. The first-order valence-corrected chi connectivity index (χ1v) is 19.7. The number of unbranched alkanes of at least 4 members (excludes halogenated alkanes) is 14. The standard InChI is InChI=1S/C38H63FN6O8/c1-4-5-6-7-8-9-10-11-12-13-14-15-16-17-18-19-31(46)50-22-27(23-52-37(49)33(40)26(2)3)20-32(47)51-24-29-28(39)21-30(53-29)45-25-42-34-35(45)43-38(41)44-36(34)48/h25-30,33H,4-24,40H2,1-3H3,(H3,41,43,44,48)/t27?,28?,29-,30-,33+/m1/s1. The smallest absolute Gasteiger partial charge is 0.323 e. The number of carbonyl (C=O) groups excluding carboxylic acids is 3. The minimum Gasteiger partial charge on any atom is -0.465 e. The summed E-state index contributed by atoms with van der Waals surface area (Å²) < 4.78 is 38.4. The summed E-state index contributed by atoms with van der Waals surface area (Å²) in [5.41, 5.74) is 11.2. The zero-order valence-corrected chi connectivity index (χ0v) is 32.0. The number of H-pyrrole nitrogens is 1. The number of alkyl halides is 1. The van der Waals surface area contributed by atoms with Crippen molar-refractivity contribution in [1.29, 1.82) is 0 Å². The largest absolute Gasteiger partial charge is 0.465 e. The summed E-state index contributed by atoms with van der Waals surface area (Å²) >= 11 is 0. The first kappa shape index (κ1) is 43.8. The van der Waals surface area contributed by atoms with E-state index in [0.29, 0.717) is 6.42 Å². The molecule has 1 saturated heterocycles. The van der Waals surface area contributed by atoms with Crippen LogP contribution in [-0.2, 0) is 33.3 Å². The van der Waals surface area contributed by atoms with Gasteiger partial charge >= 0.3 is 17.9 Å². The predicted octanol–water partition coefficient (Wildman–Crippen LogP) is 6.21. The van der Waals surface area contributed by atoms with E-state index in [4.69, 9.17) is 30.4 Å². The van der Waals surface area contributed by atoms with Crippen molar-refractivity contribution in [3.8, 4) is 0 Å². The number of nitrogens with one attached hydrogen (secondary N) is 1. The molecular formula is C38H63FN6O8. The molecule has 2 aromatic heterocycles. The molecule has 5 atom stereocenters. The number of nitrogens with two attached hydrogens (primary N) is 2. The molecule has 14 nitrogen and oxygen atoms in total. The molecule has 3 rings (SSSR count). The van der Waals surface area contributed by atoms with Crippen LogP contribution in [0.1, 0.15) is 143 Å². The minimum absolute atomic E-state index is 0.0321. The zero-order valence-electron chi connectivity index (χ0n) is 32.0. The van der Waals surface area contributed by atoms with Crippen molar-refractivity contribution in [3.05, 3.63) is 16.7 Å². The van der Waals surface area contributed by atoms with Crippen molar-refractivity contribution in [3.63, 3.8) is 0 Å². The third kappa shape index (κ3) is 15.7. The fourth-order valence-electron chi connectivity index (χ4n) is 6.29. The minimum atomic E-state index is -1.49. The van der Waals surface area contributed by atoms with Crippen molar-refractivity contribution < 1.29 is 37.7 Å². The second kappa shape index (κ2) is 23.9. The van der Waals surface area contributed by atoms with Crippen molar-refractivity contribution in [1.82, 2.24) is 19.5 Å². The first-order chi connectivity index (χ1) is 25.5. The quantitative estimate of drug-likeness (QED) is 0.0530. The average Bonchev–Trinajstić information content (AvgIpc) is 3.72. The Morgan fingerprint density at radius 3 is 2.11 bits per heavy atom. The molecule has 15 heteroatoms. The molecule has 0 aliphatic carbocycles. The molecule has 0 bridgehead atoms. The van der Waals surface area contributed by atoms with Crippen LogP contribution in [0.5, 0.6) is 0 Å². The van der Waals surface area contributed by atoms with Crippen molar-refractivity contribution in [2.24, 2.45) is 17.6 Å². The van der Waals surface area contributed by atoms with E-state index >= 15 is 0 Å². The molecule has 0 saturated carbocycles. The van der Waals surface area contributed by atoms with E-state index < -0.39 is 48.0 Å². The summed E-state index contributed by atoms with van der Waals surface area (Å²) in [5, 5.41) is 0. The predicted molar refractivity (Wildman–Crippen MR) is 199 cm³/mol. The number of imidazole rings is 1. The zero-order chi connectivity index (χ0) is 38.6. The lowest BCUT2D eigenvalue weighted by molar-refractivity contribution is -0.157. The summed E-state index contributed by atoms with van der Waals surface area (Å²) in [7, 11) is 0. The van der Waals surface area contributed by atoms with Gasteiger partial charge in [-0.3, -0.25) is 28.7 Å². The van der Waals surface area contributed by atoms with E-state index in [1.165, 1.54) is 81.5 Å². The summed E-state index contributed by atoms with van der Waals surface area (Å²) in [6, 6.07) is -0.846. The third-order valence-corrected chi connectivity index (χ3v) is 9.70. The molecule has 0 amide bonds. The molecule has 0 spiro atoms. The highest BCUT2D eigenvalue weighted by atomic mass is 19.1. The second-order valence-electron chi connectivity index (χ2n) is 14.7. The second-order valence-corrected chi connectivity index (χ2v) is 14.7. The van der Waals surface area contributed by atoms with Gasteiger partial charge in [-0.25, -0.2) is 9.37 Å². The van der Waals surface area contributed by atoms with Crippen LogP contribution >= 0.6 is 0 Å². The molecule has 1 aliphatic rings. The Hall–Kier alpha value is -3.59. The highest BCUT2D eigenvalue weighted by molar-refractivity contribution is 5.76. The van der Waals surface area contributed by atoms with Gasteiger partial charge in [0.1, 0.15) is 31.2 Å². The number of fused-ring (bicyclic) bond motifs is 1. The topological polar surface area (TPSA) is 204 Å². The van der Waals surface area contributed by atoms with Gasteiger partial charge in [-0.05, 0) is 12.3 Å². The Bertz CT molecular complexity index is 1450. The van der Waals surface area contributed by atoms with Gasteiger partial charge in [0, 0.05) is 18.8 Å². The van der Waals surface area contributed by atoms with Crippen LogP contribution in [0.2, 0.25) is 0 Å². The number of nitrogen functional groups attached to an aromatic ring is 1. The normalized spacial score (nSPS) is 18.3. The highest BCUT2D eigenvalue weighted by Gasteiger charge is 2.38. The van der Waals surface area contributed by atoms with Gasteiger partial charge in [0.05, 0.1) is 26.0 Å². The number of ether oxygens (including phenoxy) is 4. The number of hydrogen-bond donors (Lipinski definition) is 3. The van der Waals surface area contributed by atoms with Crippen LogP contribution in [0.25, 0.3) is 11.2 Å². The maximum atomic E-state index is 15.0. The molecule has 1 fully saturated rings. The number of hydrogen-bond acceptors (Lipinski definition) is 12. The van der Waals surface area contributed by atoms with Crippen LogP contribution in [-0.4, -0.2) is 75.6 Å². The number of halogens is 1. The van der Waals surface area contributed by atoms with Crippen molar-refractivity contribution in [2.75, 3.05) is 25.6 Å². The van der Waals surface area contributed by atoms with E-state index in [1.807, 2.05) is 0 Å². The number of aromatic nitrogens is 4. The number of nitrogens with zero attached hydrogens (tertiary/aromatic N) is 3. The maximum Gasteiger partial charge on any atom is 0.323 e. The Balaban J connectivity index is 1.36. The van der Waals surface area contributed by atoms with E-state index in [-0.39, 0.29) is 68.1 Å². The van der Waals surface area contributed by atoms with Gasteiger partial charge in [-0.15, -0.1) is 0 Å². The van der Waals surface area contributed by atoms with Gasteiger partial charge in [-0.1, -0.05) is 111 Å². The lowest BCUT2D eigenvalue weighted by Gasteiger charge is -2.20. The van der Waals surface area contributed by atoms with Gasteiger partial charge in [0.25, 0.3) is 5.56 Å². The molecule has 5 N–H and O–H groups in total. The molecule has 300 valence electrons. The average molecular weight is 751 g/mol. The molecular weight excluding hydrogens is 687 g/mol. The van der Waals surface area contributed by atoms with Crippen LogP contribution in [0.3, 0.4) is 0 Å². The first-order valence-electron chi connectivity index (χ1n) is 19.7. The Labute approximate surface area is 312 Å². The molecule has 0 radical (unpaired) electrons. The van der Waals surface area contributed by atoms with Crippen LogP contribution < -0.4 is 17.0 Å². The number of anilines is 1. The molecule has 1 aliphatic heterocycles. The number of rotatable bonds is 27. The lowest BCUT2D eigenvalue weighted by atomic mass is 10.0. The molecule has 2 unspecified atom stereocenters. The number of aromatic amines is 1. The highest BCUT2D eigenvalue weighted by Crippen LogP contribution is 2.32. The fourth-order valence-corrected chi connectivity index (χ4v) is 6.29. The van der Waals surface area contributed by atoms with E-state index in [2.05, 4.69) is 21.9 Å². The van der Waals surface area contributed by atoms with Gasteiger partial charge < -0.3 is 30.4 Å². The van der Waals surface area contributed by atoms with Crippen LogP contribution in [0, 0.1) is 11.8 Å². The Kier molecular flexibility index (Phi) is 19.8. The molecule has 53 heavy (non-hydrogen) atoms.